The highest BCUT2D eigenvalue weighted by Crippen LogP contribution is 2.20. The number of benzene rings is 1. The summed E-state index contributed by atoms with van der Waals surface area (Å²) in [7, 11) is -3.92. The Morgan fingerprint density at radius 1 is 0.837 bits per heavy atom. The molecule has 13 heteroatoms. The molecule has 1 aromatic rings. The van der Waals surface area contributed by atoms with Crippen LogP contribution in [0, 0.1) is 6.92 Å². The summed E-state index contributed by atoms with van der Waals surface area (Å²) in [5.41, 5.74) is 1.70. The molecule has 5 N–H and O–H groups in total. The maximum absolute atomic E-state index is 12.0. The van der Waals surface area contributed by atoms with Crippen LogP contribution in [-0.2, 0) is 33.8 Å². The van der Waals surface area contributed by atoms with Crippen molar-refractivity contribution in [1.29, 1.82) is 0 Å². The standard InChI is InChI=1S/C12H14O4S.C7H10O3.C6H10O3.C5H8O2/c1-3-4-11(12(13)14)17(15,16)10-7-5-9(2)6-8-10;1-5(7(8)9)2-3-6-4-10-6;1-2-3-4-5(7)6(8)9;1-3-4(2)5(6)7/h4-8H,3H2,1-2H3,(H,13,14);2,6H,3-4H2,1H3,(H,8,9);4,7H,2-3H2,1H3,(H,8,9);3H,1-2H3,(H,6,7)/b11-4+;5-2+;5-4-;4-3+. The average Bonchev–Trinajstić information content (AvgIpc) is 3.78. The van der Waals surface area contributed by atoms with Gasteiger partial charge in [0, 0.05) is 11.1 Å². The van der Waals surface area contributed by atoms with Crippen LogP contribution in [0.25, 0.3) is 0 Å². The first-order chi connectivity index (χ1) is 20.0. The topological polar surface area (TPSA) is 216 Å². The number of aryl methyl sites for hydroxylation is 1. The minimum atomic E-state index is -3.92. The Balaban J connectivity index is 0. The predicted octanol–water partition coefficient (Wildman–Crippen LogP) is 5.30. The van der Waals surface area contributed by atoms with E-state index in [1.54, 1.807) is 52.0 Å². The first kappa shape index (κ1) is 40.9. The van der Waals surface area contributed by atoms with E-state index in [1.807, 2.05) is 13.8 Å². The first-order valence-corrected chi connectivity index (χ1v) is 14.7. The number of ether oxygens (including phenoxy) is 1. The van der Waals surface area contributed by atoms with Gasteiger partial charge >= 0.3 is 23.9 Å². The second-order valence-electron chi connectivity index (χ2n) is 8.94. The number of aliphatic carboxylic acids is 4. The van der Waals surface area contributed by atoms with Gasteiger partial charge in [-0.1, -0.05) is 56.2 Å². The molecule has 1 heterocycles. The van der Waals surface area contributed by atoms with Gasteiger partial charge in [0.05, 0.1) is 17.6 Å². The monoisotopic (exact) mass is 626 g/mol. The fourth-order valence-corrected chi connectivity index (χ4v) is 3.80. The smallest absolute Gasteiger partial charge is 0.370 e. The van der Waals surface area contributed by atoms with E-state index in [1.165, 1.54) is 24.3 Å². The van der Waals surface area contributed by atoms with Crippen LogP contribution in [0.5, 0.6) is 0 Å². The molecule has 1 atom stereocenters. The Bertz CT molecular complexity index is 1300. The molecule has 1 aliphatic rings. The fourth-order valence-electron chi connectivity index (χ4n) is 2.43. The molecule has 2 rings (SSSR count). The molecule has 12 nitrogen and oxygen atoms in total. The van der Waals surface area contributed by atoms with Crippen molar-refractivity contribution in [2.45, 2.75) is 78.2 Å². The van der Waals surface area contributed by atoms with Gasteiger partial charge < -0.3 is 30.3 Å². The van der Waals surface area contributed by atoms with E-state index in [0.717, 1.165) is 25.0 Å². The van der Waals surface area contributed by atoms with Crippen molar-refractivity contribution < 1.29 is 57.9 Å². The summed E-state index contributed by atoms with van der Waals surface area (Å²) in [6.45, 7) is 11.1. The molecule has 0 aromatic heterocycles. The Hall–Kier alpha value is -4.23. The molecule has 0 radical (unpaired) electrons. The third-order valence-electron chi connectivity index (χ3n) is 5.26. The second-order valence-corrected chi connectivity index (χ2v) is 10.9. The molecule has 0 saturated carbocycles. The molecule has 1 fully saturated rings. The van der Waals surface area contributed by atoms with Gasteiger partial charge in [-0.2, -0.15) is 0 Å². The van der Waals surface area contributed by atoms with E-state index in [-0.39, 0.29) is 11.0 Å². The Kier molecular flexibility index (Phi) is 20.4. The normalized spacial score (nSPS) is 14.9. The van der Waals surface area contributed by atoms with Gasteiger partial charge in [-0.25, -0.2) is 27.6 Å². The summed E-state index contributed by atoms with van der Waals surface area (Å²) >= 11 is 0. The van der Waals surface area contributed by atoms with Crippen LogP contribution in [0.4, 0.5) is 0 Å². The number of aliphatic hydroxyl groups excluding tert-OH is 1. The van der Waals surface area contributed by atoms with Crippen LogP contribution in [-0.4, -0.2) is 70.5 Å². The number of hydrogen-bond acceptors (Lipinski definition) is 8. The largest absolute Gasteiger partial charge is 0.502 e. The highest BCUT2D eigenvalue weighted by Gasteiger charge is 2.26. The molecular formula is C30H42O12S. The number of rotatable bonds is 11. The average molecular weight is 627 g/mol. The third kappa shape index (κ3) is 18.7. The zero-order valence-corrected chi connectivity index (χ0v) is 26.1. The van der Waals surface area contributed by atoms with Crippen LogP contribution in [0.2, 0.25) is 0 Å². The molecule has 43 heavy (non-hydrogen) atoms. The number of carboxylic acids is 4. The maximum Gasteiger partial charge on any atom is 0.370 e. The predicted molar refractivity (Wildman–Crippen MR) is 160 cm³/mol. The number of epoxide rings is 1. The lowest BCUT2D eigenvalue weighted by Gasteiger charge is -2.05. The number of carboxylic acid groups (broad SMARTS) is 4. The van der Waals surface area contributed by atoms with E-state index in [4.69, 9.17) is 30.3 Å². The highest BCUT2D eigenvalue weighted by molar-refractivity contribution is 7.96. The summed E-state index contributed by atoms with van der Waals surface area (Å²) < 4.78 is 29.0. The molecule has 1 saturated heterocycles. The minimum Gasteiger partial charge on any atom is -0.502 e. The van der Waals surface area contributed by atoms with E-state index in [2.05, 4.69) is 0 Å². The third-order valence-corrected chi connectivity index (χ3v) is 7.08. The van der Waals surface area contributed by atoms with E-state index >= 15 is 0 Å². The lowest BCUT2D eigenvalue weighted by Crippen LogP contribution is -2.13. The van der Waals surface area contributed by atoms with Gasteiger partial charge in [0.25, 0.3) is 0 Å². The second kappa shape index (κ2) is 21.5. The fraction of sp³-hybridized carbons (Fsp3) is 0.400. The zero-order valence-electron chi connectivity index (χ0n) is 25.2. The van der Waals surface area contributed by atoms with Crippen molar-refractivity contribution in [2.75, 3.05) is 6.61 Å². The number of allylic oxidation sites excluding steroid dienone is 3. The lowest BCUT2D eigenvalue weighted by molar-refractivity contribution is -0.136. The maximum atomic E-state index is 12.0. The number of carbonyl (C=O) groups is 4. The van der Waals surface area contributed by atoms with E-state index in [9.17, 15) is 27.6 Å². The Labute approximate surface area is 252 Å². The molecule has 240 valence electrons. The molecule has 1 aliphatic heterocycles. The quantitative estimate of drug-likeness (QED) is 0.120. The highest BCUT2D eigenvalue weighted by atomic mass is 32.2. The molecule has 0 aliphatic carbocycles. The number of aliphatic hydroxyl groups is 1. The molecule has 0 bridgehead atoms. The van der Waals surface area contributed by atoms with Crippen LogP contribution >= 0.6 is 0 Å². The first-order valence-electron chi connectivity index (χ1n) is 13.2. The molecule has 1 unspecified atom stereocenters. The summed E-state index contributed by atoms with van der Waals surface area (Å²) in [5.74, 6) is -4.93. The number of sulfone groups is 1. The summed E-state index contributed by atoms with van der Waals surface area (Å²) in [4.78, 5) is 40.3. The van der Waals surface area contributed by atoms with Crippen molar-refractivity contribution in [1.82, 2.24) is 0 Å². The minimum absolute atomic E-state index is 0.00481. The van der Waals surface area contributed by atoms with Crippen molar-refractivity contribution >= 4 is 33.7 Å². The lowest BCUT2D eigenvalue weighted by atomic mass is 10.2. The SMILES string of the molecule is C/C(=C\CC1CO1)C(=O)O.C/C=C(\C)C(=O)O.CC/C=C(\C(=O)O)S(=O)(=O)c1ccc(C)cc1.CCC/C=C(\O)C(=O)O. The molecular weight excluding hydrogens is 584 g/mol. The van der Waals surface area contributed by atoms with Crippen molar-refractivity contribution in [2.24, 2.45) is 0 Å². The molecule has 0 spiro atoms. The number of unbranched alkanes of at least 4 members (excludes halogenated alkanes) is 1. The van der Waals surface area contributed by atoms with Crippen molar-refractivity contribution in [3.8, 4) is 0 Å². The van der Waals surface area contributed by atoms with Gasteiger partial charge in [-0.3, -0.25) is 0 Å². The van der Waals surface area contributed by atoms with Crippen molar-refractivity contribution in [3.63, 3.8) is 0 Å². The molecule has 1 aromatic carbocycles. The van der Waals surface area contributed by atoms with Crippen molar-refractivity contribution in [3.05, 3.63) is 75.9 Å². The van der Waals surface area contributed by atoms with Crippen LogP contribution < -0.4 is 0 Å². The van der Waals surface area contributed by atoms with Gasteiger partial charge in [0.2, 0.25) is 9.84 Å². The summed E-state index contributed by atoms with van der Waals surface area (Å²) in [6, 6.07) is 6.10. The van der Waals surface area contributed by atoms with Crippen LogP contribution in [0.1, 0.15) is 65.9 Å². The van der Waals surface area contributed by atoms with Crippen LogP contribution in [0.15, 0.2) is 75.3 Å². The van der Waals surface area contributed by atoms with Gasteiger partial charge in [-0.15, -0.1) is 0 Å². The summed E-state index contributed by atoms with van der Waals surface area (Å²) in [5, 5.41) is 42.0. The van der Waals surface area contributed by atoms with E-state index in [0.29, 0.717) is 24.0 Å². The Morgan fingerprint density at radius 3 is 1.67 bits per heavy atom. The number of hydrogen-bond donors (Lipinski definition) is 5. The van der Waals surface area contributed by atoms with Crippen LogP contribution in [0.3, 0.4) is 0 Å². The summed E-state index contributed by atoms with van der Waals surface area (Å²) in [6.07, 6.45) is 8.58. The Morgan fingerprint density at radius 2 is 1.35 bits per heavy atom. The van der Waals surface area contributed by atoms with Gasteiger partial charge in [0.1, 0.15) is 0 Å². The van der Waals surface area contributed by atoms with Gasteiger partial charge in [-0.05, 0) is 65.2 Å². The molecule has 0 amide bonds. The zero-order chi connectivity index (χ0) is 33.8. The van der Waals surface area contributed by atoms with Gasteiger partial charge in [0.15, 0.2) is 10.7 Å². The van der Waals surface area contributed by atoms with E-state index < -0.39 is 44.4 Å².